The lowest BCUT2D eigenvalue weighted by Crippen LogP contribution is -2.35. The SMILES string of the molecule is Cc1ccc(NC(=O)CN(C)C(=O)c2c(C)oc3ncn(C)c(=O)c23)cc1. The van der Waals surface area contributed by atoms with E-state index in [1.54, 1.807) is 26.1 Å². The standard InChI is InChI=1S/C19H20N4O4/c1-11-5-7-13(8-6-11)21-14(24)9-22(3)18(25)15-12(2)27-17-16(15)19(26)23(4)10-20-17/h5-8,10H,9H2,1-4H3,(H,21,24). The van der Waals surface area contributed by atoms with Crippen LogP contribution in [0.1, 0.15) is 21.7 Å². The van der Waals surface area contributed by atoms with Crippen LogP contribution in [-0.4, -0.2) is 39.9 Å². The molecule has 2 heterocycles. The Morgan fingerprint density at radius 1 is 1.22 bits per heavy atom. The van der Waals surface area contributed by atoms with Gasteiger partial charge in [0.1, 0.15) is 17.5 Å². The molecule has 8 heteroatoms. The minimum Gasteiger partial charge on any atom is -0.442 e. The monoisotopic (exact) mass is 368 g/mol. The van der Waals surface area contributed by atoms with E-state index in [0.717, 1.165) is 5.56 Å². The van der Waals surface area contributed by atoms with Crippen molar-refractivity contribution in [1.29, 1.82) is 0 Å². The van der Waals surface area contributed by atoms with Crippen LogP contribution in [0.15, 0.2) is 39.8 Å². The summed E-state index contributed by atoms with van der Waals surface area (Å²) in [6.45, 7) is 3.38. The van der Waals surface area contributed by atoms with Gasteiger partial charge >= 0.3 is 0 Å². The molecule has 2 aromatic heterocycles. The average molecular weight is 368 g/mol. The third-order valence-corrected chi connectivity index (χ3v) is 4.22. The van der Waals surface area contributed by atoms with Crippen molar-refractivity contribution in [2.45, 2.75) is 13.8 Å². The Hall–Kier alpha value is -3.42. The lowest BCUT2D eigenvalue weighted by Gasteiger charge is -2.16. The number of benzene rings is 1. The number of furan rings is 1. The second-order valence-electron chi connectivity index (χ2n) is 6.45. The number of amides is 2. The van der Waals surface area contributed by atoms with Crippen LogP contribution in [0.3, 0.4) is 0 Å². The summed E-state index contributed by atoms with van der Waals surface area (Å²) >= 11 is 0. The summed E-state index contributed by atoms with van der Waals surface area (Å²) in [4.78, 5) is 42.8. The molecule has 2 amide bonds. The van der Waals surface area contributed by atoms with Gasteiger partial charge in [0, 0.05) is 19.8 Å². The van der Waals surface area contributed by atoms with Crippen LogP contribution in [0, 0.1) is 13.8 Å². The largest absolute Gasteiger partial charge is 0.442 e. The molecule has 1 N–H and O–H groups in total. The molecule has 140 valence electrons. The zero-order chi connectivity index (χ0) is 19.7. The number of likely N-dealkylation sites (N-methyl/N-ethyl adjacent to an activating group) is 1. The molecular formula is C19H20N4O4. The second-order valence-corrected chi connectivity index (χ2v) is 6.45. The van der Waals surface area contributed by atoms with E-state index >= 15 is 0 Å². The number of fused-ring (bicyclic) bond motifs is 1. The van der Waals surface area contributed by atoms with Crippen molar-refractivity contribution < 1.29 is 14.0 Å². The fraction of sp³-hybridized carbons (Fsp3) is 0.263. The van der Waals surface area contributed by atoms with E-state index in [1.165, 1.54) is 22.8 Å². The first-order valence-electron chi connectivity index (χ1n) is 8.34. The molecule has 0 radical (unpaired) electrons. The Kier molecular flexibility index (Phi) is 4.81. The number of nitrogens with zero attached hydrogens (tertiary/aromatic N) is 3. The van der Waals surface area contributed by atoms with Crippen molar-refractivity contribution >= 4 is 28.6 Å². The maximum atomic E-state index is 12.8. The Morgan fingerprint density at radius 2 is 1.89 bits per heavy atom. The highest BCUT2D eigenvalue weighted by atomic mass is 16.3. The first kappa shape index (κ1) is 18.4. The maximum absolute atomic E-state index is 12.8. The smallest absolute Gasteiger partial charge is 0.265 e. The molecule has 0 unspecified atom stereocenters. The van der Waals surface area contributed by atoms with Gasteiger partial charge in [-0.25, -0.2) is 4.98 Å². The van der Waals surface area contributed by atoms with E-state index in [0.29, 0.717) is 5.69 Å². The molecule has 1 aromatic carbocycles. The average Bonchev–Trinajstić information content (AvgIpc) is 2.96. The Morgan fingerprint density at radius 3 is 2.56 bits per heavy atom. The first-order valence-corrected chi connectivity index (χ1v) is 8.34. The molecule has 27 heavy (non-hydrogen) atoms. The summed E-state index contributed by atoms with van der Waals surface area (Å²) in [5.41, 5.74) is 1.59. The van der Waals surface area contributed by atoms with Crippen LogP contribution in [0.25, 0.3) is 11.1 Å². The molecule has 0 aliphatic carbocycles. The fourth-order valence-corrected chi connectivity index (χ4v) is 2.76. The van der Waals surface area contributed by atoms with E-state index < -0.39 is 5.91 Å². The van der Waals surface area contributed by atoms with Crippen LogP contribution in [-0.2, 0) is 11.8 Å². The molecule has 0 bridgehead atoms. The molecular weight excluding hydrogens is 348 g/mol. The number of rotatable bonds is 4. The molecule has 0 aliphatic heterocycles. The Balaban J connectivity index is 1.81. The van der Waals surface area contributed by atoms with E-state index in [4.69, 9.17) is 4.42 Å². The van der Waals surface area contributed by atoms with Gasteiger partial charge in [-0.2, -0.15) is 0 Å². The second kappa shape index (κ2) is 7.06. The Bertz CT molecular complexity index is 1080. The number of aryl methyl sites for hydroxylation is 3. The van der Waals surface area contributed by atoms with E-state index in [-0.39, 0.29) is 40.4 Å². The molecule has 0 saturated heterocycles. The van der Waals surface area contributed by atoms with E-state index in [2.05, 4.69) is 10.3 Å². The maximum Gasteiger partial charge on any atom is 0.265 e. The summed E-state index contributed by atoms with van der Waals surface area (Å²) in [6.07, 6.45) is 1.33. The van der Waals surface area contributed by atoms with Crippen LogP contribution in [0.4, 0.5) is 5.69 Å². The fourth-order valence-electron chi connectivity index (χ4n) is 2.76. The topological polar surface area (TPSA) is 97.4 Å². The number of hydrogen-bond acceptors (Lipinski definition) is 5. The molecule has 3 rings (SSSR count). The molecule has 0 saturated carbocycles. The van der Waals surface area contributed by atoms with Gasteiger partial charge < -0.3 is 19.2 Å². The molecule has 8 nitrogen and oxygen atoms in total. The number of anilines is 1. The predicted molar refractivity (Wildman–Crippen MR) is 101 cm³/mol. The van der Waals surface area contributed by atoms with Gasteiger partial charge in [0.05, 0.1) is 12.1 Å². The highest BCUT2D eigenvalue weighted by molar-refractivity contribution is 6.07. The third kappa shape index (κ3) is 3.59. The molecule has 0 aliphatic rings. The zero-order valence-corrected chi connectivity index (χ0v) is 15.6. The predicted octanol–water partition coefficient (Wildman–Crippen LogP) is 1.85. The lowest BCUT2D eigenvalue weighted by atomic mass is 10.1. The summed E-state index contributed by atoms with van der Waals surface area (Å²) in [7, 11) is 3.04. The van der Waals surface area contributed by atoms with Crippen LogP contribution >= 0.6 is 0 Å². The summed E-state index contributed by atoms with van der Waals surface area (Å²) in [5.74, 6) is -0.529. The van der Waals surface area contributed by atoms with Gasteiger partial charge in [-0.05, 0) is 26.0 Å². The summed E-state index contributed by atoms with van der Waals surface area (Å²) < 4.78 is 6.72. The van der Waals surface area contributed by atoms with E-state index in [1.807, 2.05) is 19.1 Å². The van der Waals surface area contributed by atoms with Gasteiger partial charge in [-0.3, -0.25) is 14.4 Å². The minimum atomic E-state index is -0.476. The molecule has 0 atom stereocenters. The van der Waals surface area contributed by atoms with Crippen molar-refractivity contribution in [3.63, 3.8) is 0 Å². The number of carbonyl (C=O) groups excluding carboxylic acids is 2. The number of hydrogen-bond donors (Lipinski definition) is 1. The zero-order valence-electron chi connectivity index (χ0n) is 15.6. The van der Waals surface area contributed by atoms with Gasteiger partial charge in [-0.15, -0.1) is 0 Å². The highest BCUT2D eigenvalue weighted by Crippen LogP contribution is 2.22. The lowest BCUT2D eigenvalue weighted by molar-refractivity contribution is -0.116. The number of carbonyl (C=O) groups is 2. The van der Waals surface area contributed by atoms with E-state index in [9.17, 15) is 14.4 Å². The van der Waals surface area contributed by atoms with Gasteiger partial charge in [-0.1, -0.05) is 17.7 Å². The highest BCUT2D eigenvalue weighted by Gasteiger charge is 2.25. The van der Waals surface area contributed by atoms with Crippen molar-refractivity contribution in [3.8, 4) is 0 Å². The van der Waals surface area contributed by atoms with Crippen molar-refractivity contribution in [2.75, 3.05) is 18.9 Å². The molecule has 0 fully saturated rings. The van der Waals surface area contributed by atoms with Crippen LogP contribution < -0.4 is 10.9 Å². The van der Waals surface area contributed by atoms with Crippen LogP contribution in [0.2, 0.25) is 0 Å². The number of nitrogens with one attached hydrogen (secondary N) is 1. The summed E-state index contributed by atoms with van der Waals surface area (Å²) in [6, 6.07) is 7.35. The molecule has 0 spiro atoms. The van der Waals surface area contributed by atoms with Gasteiger partial charge in [0.15, 0.2) is 0 Å². The molecule has 3 aromatic rings. The normalized spacial score (nSPS) is 10.8. The van der Waals surface area contributed by atoms with Crippen LogP contribution in [0.5, 0.6) is 0 Å². The van der Waals surface area contributed by atoms with Crippen molar-refractivity contribution in [1.82, 2.24) is 14.5 Å². The first-order chi connectivity index (χ1) is 12.8. The van der Waals surface area contributed by atoms with Gasteiger partial charge in [0.2, 0.25) is 11.6 Å². The van der Waals surface area contributed by atoms with Gasteiger partial charge in [0.25, 0.3) is 11.5 Å². The minimum absolute atomic E-state index is 0.108. The van der Waals surface area contributed by atoms with Crippen molar-refractivity contribution in [2.24, 2.45) is 7.05 Å². The third-order valence-electron chi connectivity index (χ3n) is 4.22. The quantitative estimate of drug-likeness (QED) is 0.758. The van der Waals surface area contributed by atoms with Crippen molar-refractivity contribution in [3.05, 3.63) is 57.8 Å². The number of aromatic nitrogens is 2. The summed E-state index contributed by atoms with van der Waals surface area (Å²) in [5, 5.41) is 2.86. The Labute approximate surface area is 155 Å².